The maximum atomic E-state index is 10.5. The zero-order valence-corrected chi connectivity index (χ0v) is 8.80. The van der Waals surface area contributed by atoms with Gasteiger partial charge in [-0.15, -0.1) is 0 Å². The molecule has 1 N–H and O–H groups in total. The van der Waals surface area contributed by atoms with E-state index in [2.05, 4.69) is 31.1 Å². The van der Waals surface area contributed by atoms with Gasteiger partial charge >= 0.3 is 5.97 Å². The highest BCUT2D eigenvalue weighted by Crippen LogP contribution is 2.23. The molecule has 0 atom stereocenters. The van der Waals surface area contributed by atoms with Crippen LogP contribution in [0.1, 0.15) is 10.6 Å². The maximum absolute atomic E-state index is 10.5. The number of carbonyl (C=O) groups is 1. The van der Waals surface area contributed by atoms with Gasteiger partial charge in [0.1, 0.15) is 5.69 Å². The minimum absolute atomic E-state index is 0.0693. The van der Waals surface area contributed by atoms with Crippen LogP contribution in [0.4, 0.5) is 0 Å². The van der Waals surface area contributed by atoms with Crippen LogP contribution in [0.5, 0.6) is 0 Å². The van der Waals surface area contributed by atoms with Crippen molar-refractivity contribution in [3.05, 3.63) is 28.6 Å². The van der Waals surface area contributed by atoms with Crippen LogP contribution < -0.4 is 0 Å². The van der Waals surface area contributed by atoms with Gasteiger partial charge < -0.3 is 9.63 Å². The van der Waals surface area contributed by atoms with Crippen molar-refractivity contribution in [2.45, 2.75) is 0 Å². The summed E-state index contributed by atoms with van der Waals surface area (Å²) in [5.74, 6) is -1.56. The van der Waals surface area contributed by atoms with Crippen LogP contribution in [-0.2, 0) is 0 Å². The third-order valence-corrected chi connectivity index (χ3v) is 2.22. The molecule has 0 radical (unpaired) electrons. The third-order valence-electron chi connectivity index (χ3n) is 1.58. The van der Waals surface area contributed by atoms with Crippen LogP contribution in [0.25, 0.3) is 11.6 Å². The first-order valence-corrected chi connectivity index (χ1v) is 4.65. The number of aromatic nitrogens is 3. The van der Waals surface area contributed by atoms with Gasteiger partial charge in [0.15, 0.2) is 0 Å². The van der Waals surface area contributed by atoms with Gasteiger partial charge in [0.2, 0.25) is 0 Å². The molecule has 76 valence electrons. The first-order chi connectivity index (χ1) is 7.18. The minimum atomic E-state index is -1.24. The Bertz CT molecular complexity index is 511. The van der Waals surface area contributed by atoms with Crippen molar-refractivity contribution in [3.63, 3.8) is 0 Å². The lowest BCUT2D eigenvalue weighted by atomic mass is 10.3. The number of nitrogens with zero attached hydrogens (tertiary/aromatic N) is 3. The first-order valence-electron chi connectivity index (χ1n) is 3.86. The van der Waals surface area contributed by atoms with Gasteiger partial charge in [-0.05, 0) is 33.2 Å². The highest BCUT2D eigenvalue weighted by molar-refractivity contribution is 9.10. The molecule has 15 heavy (non-hydrogen) atoms. The average molecular weight is 270 g/mol. The number of carboxylic acids is 1. The fraction of sp³-hybridized carbons (Fsp3) is 0. The molecule has 0 aliphatic heterocycles. The molecule has 0 fully saturated rings. The van der Waals surface area contributed by atoms with Gasteiger partial charge in [-0.2, -0.15) is 4.98 Å². The van der Waals surface area contributed by atoms with Crippen molar-refractivity contribution >= 4 is 21.9 Å². The van der Waals surface area contributed by atoms with E-state index < -0.39 is 5.97 Å². The molecule has 2 aromatic rings. The Hall–Kier alpha value is -1.76. The summed E-state index contributed by atoms with van der Waals surface area (Å²) < 4.78 is 5.42. The molecular formula is C8H4BrN3O3. The van der Waals surface area contributed by atoms with E-state index in [-0.39, 0.29) is 11.7 Å². The molecule has 0 aromatic carbocycles. The molecule has 2 aromatic heterocycles. The number of carboxylic acid groups (broad SMARTS) is 1. The second-order valence-corrected chi connectivity index (χ2v) is 3.42. The summed E-state index contributed by atoms with van der Waals surface area (Å²) in [6.45, 7) is 0. The Labute approximate surface area is 92.1 Å². The minimum Gasteiger partial charge on any atom is -0.475 e. The van der Waals surface area contributed by atoms with Crippen LogP contribution in [0.2, 0.25) is 0 Å². The van der Waals surface area contributed by atoms with Gasteiger partial charge in [0.25, 0.3) is 11.7 Å². The summed E-state index contributed by atoms with van der Waals surface area (Å²) in [6, 6.07) is 3.47. The smallest absolute Gasteiger partial charge is 0.377 e. The normalized spacial score (nSPS) is 10.2. The molecule has 0 aliphatic carbocycles. The highest BCUT2D eigenvalue weighted by atomic mass is 79.9. The van der Waals surface area contributed by atoms with Crippen LogP contribution in [0.15, 0.2) is 27.3 Å². The van der Waals surface area contributed by atoms with E-state index in [1.54, 1.807) is 18.3 Å². The topological polar surface area (TPSA) is 89.1 Å². The van der Waals surface area contributed by atoms with Crippen LogP contribution >= 0.6 is 15.9 Å². The van der Waals surface area contributed by atoms with Gasteiger partial charge in [-0.25, -0.2) is 9.78 Å². The Morgan fingerprint density at radius 3 is 2.93 bits per heavy atom. The van der Waals surface area contributed by atoms with Crippen molar-refractivity contribution in [2.75, 3.05) is 0 Å². The van der Waals surface area contributed by atoms with E-state index in [9.17, 15) is 4.79 Å². The molecule has 0 amide bonds. The monoisotopic (exact) mass is 269 g/mol. The number of halogens is 1. The largest absolute Gasteiger partial charge is 0.475 e. The van der Waals surface area contributed by atoms with Crippen LogP contribution in [0, 0.1) is 0 Å². The molecule has 7 heteroatoms. The van der Waals surface area contributed by atoms with E-state index in [1.807, 2.05) is 0 Å². The van der Waals surface area contributed by atoms with Crippen molar-refractivity contribution < 1.29 is 14.4 Å². The average Bonchev–Trinajstić information content (AvgIpc) is 2.67. The molecule has 0 aliphatic rings. The lowest BCUT2D eigenvalue weighted by Gasteiger charge is -1.94. The van der Waals surface area contributed by atoms with Gasteiger partial charge in [-0.3, -0.25) is 0 Å². The fourth-order valence-electron chi connectivity index (χ4n) is 0.950. The number of rotatable bonds is 2. The zero-order chi connectivity index (χ0) is 10.8. The van der Waals surface area contributed by atoms with Crippen molar-refractivity contribution in [2.24, 2.45) is 0 Å². The number of hydrogen-bond acceptors (Lipinski definition) is 5. The van der Waals surface area contributed by atoms with E-state index in [1.165, 1.54) is 0 Å². The maximum Gasteiger partial charge on any atom is 0.377 e. The standard InChI is InChI=1S/C8H4BrN3O3/c9-4-2-1-3-10-5(4)7-11-6(8(13)14)12-15-7/h1-3H,(H,13,14). The summed E-state index contributed by atoms with van der Waals surface area (Å²) in [6.07, 6.45) is 1.55. The molecule has 0 spiro atoms. The second-order valence-electron chi connectivity index (χ2n) is 2.56. The van der Waals surface area contributed by atoms with Crippen molar-refractivity contribution in [1.82, 2.24) is 15.1 Å². The van der Waals surface area contributed by atoms with E-state index >= 15 is 0 Å². The summed E-state index contributed by atoms with van der Waals surface area (Å²) in [5, 5.41) is 11.9. The van der Waals surface area contributed by atoms with E-state index in [4.69, 9.17) is 9.63 Å². The predicted molar refractivity (Wildman–Crippen MR) is 52.2 cm³/mol. The molecule has 0 saturated carbocycles. The Morgan fingerprint density at radius 2 is 2.33 bits per heavy atom. The van der Waals surface area contributed by atoms with Gasteiger partial charge in [-0.1, -0.05) is 0 Å². The molecule has 0 saturated heterocycles. The Morgan fingerprint density at radius 1 is 1.53 bits per heavy atom. The SMILES string of the molecule is O=C(O)c1noc(-c2ncccc2Br)n1. The van der Waals surface area contributed by atoms with Crippen LogP contribution in [0.3, 0.4) is 0 Å². The molecule has 0 unspecified atom stereocenters. The number of aromatic carboxylic acids is 1. The lowest BCUT2D eigenvalue weighted by Crippen LogP contribution is -1.98. The molecular weight excluding hydrogens is 266 g/mol. The molecule has 2 heterocycles. The number of hydrogen-bond donors (Lipinski definition) is 1. The summed E-state index contributed by atoms with van der Waals surface area (Å²) in [7, 11) is 0. The van der Waals surface area contributed by atoms with Crippen molar-refractivity contribution in [1.29, 1.82) is 0 Å². The zero-order valence-electron chi connectivity index (χ0n) is 7.22. The summed E-state index contributed by atoms with van der Waals surface area (Å²) >= 11 is 3.24. The molecule has 0 bridgehead atoms. The quantitative estimate of drug-likeness (QED) is 0.891. The highest BCUT2D eigenvalue weighted by Gasteiger charge is 2.16. The van der Waals surface area contributed by atoms with Gasteiger partial charge in [0, 0.05) is 10.7 Å². The Balaban J connectivity index is 2.46. The second kappa shape index (κ2) is 3.77. The summed E-state index contributed by atoms with van der Waals surface area (Å²) in [4.78, 5) is 18.2. The van der Waals surface area contributed by atoms with Crippen molar-refractivity contribution in [3.8, 4) is 11.6 Å². The predicted octanol–water partition coefficient (Wildman–Crippen LogP) is 1.59. The number of pyridine rings is 1. The van der Waals surface area contributed by atoms with Crippen LogP contribution in [-0.4, -0.2) is 26.2 Å². The van der Waals surface area contributed by atoms with E-state index in [0.717, 1.165) is 0 Å². The summed E-state index contributed by atoms with van der Waals surface area (Å²) in [5.41, 5.74) is 0.414. The first kappa shape index (κ1) is 9.78. The van der Waals surface area contributed by atoms with Gasteiger partial charge in [0.05, 0.1) is 0 Å². The Kier molecular flexibility index (Phi) is 2.46. The molecule has 6 nitrogen and oxygen atoms in total. The van der Waals surface area contributed by atoms with E-state index in [0.29, 0.717) is 10.2 Å². The lowest BCUT2D eigenvalue weighted by molar-refractivity contribution is 0.0680. The fourth-order valence-corrected chi connectivity index (χ4v) is 1.37. The third kappa shape index (κ3) is 1.86. The molecule has 2 rings (SSSR count).